The molecule has 8 heteroatoms. The van der Waals surface area contributed by atoms with Crippen molar-refractivity contribution >= 4 is 12.2 Å². The van der Waals surface area contributed by atoms with Crippen LogP contribution in [0.2, 0.25) is 0 Å². The number of aromatic nitrogens is 4. The summed E-state index contributed by atoms with van der Waals surface area (Å²) in [5, 5.41) is 0.235. The van der Waals surface area contributed by atoms with Gasteiger partial charge in [0.05, 0.1) is 26.2 Å². The van der Waals surface area contributed by atoms with E-state index in [1.807, 2.05) is 20.8 Å². The molecule has 0 amide bonds. The number of methoxy groups -OCH3 is 2. The lowest BCUT2D eigenvalue weighted by atomic mass is 9.90. The Morgan fingerprint density at radius 3 is 2.21 bits per heavy atom. The molecular formula is C21H24N4O4. The molecule has 0 fully saturated rings. The van der Waals surface area contributed by atoms with Gasteiger partial charge in [0.15, 0.2) is 0 Å². The van der Waals surface area contributed by atoms with Crippen LogP contribution < -0.4 is 31.3 Å². The van der Waals surface area contributed by atoms with E-state index in [9.17, 15) is 9.59 Å². The molecule has 0 saturated heterocycles. The number of hydrogen-bond donors (Lipinski definition) is 3. The SMILES string of the molecule is COc1ccc(OC)c(/C=c2/[nH]c(=O)/c(=C\c3nc[nH]c3C(C)(C)C)[nH]c2=O)c1. The van der Waals surface area contributed by atoms with Gasteiger partial charge in [0.1, 0.15) is 22.2 Å². The van der Waals surface area contributed by atoms with Gasteiger partial charge in [-0.15, -0.1) is 0 Å². The van der Waals surface area contributed by atoms with Crippen LogP contribution in [-0.2, 0) is 5.41 Å². The van der Waals surface area contributed by atoms with E-state index in [1.165, 1.54) is 7.11 Å². The highest BCUT2D eigenvalue weighted by Crippen LogP contribution is 2.24. The molecule has 0 saturated carbocycles. The van der Waals surface area contributed by atoms with Crippen LogP contribution in [0.4, 0.5) is 0 Å². The van der Waals surface area contributed by atoms with Crippen molar-refractivity contribution in [1.82, 2.24) is 19.9 Å². The first-order valence-electron chi connectivity index (χ1n) is 9.05. The molecule has 0 bridgehead atoms. The van der Waals surface area contributed by atoms with Gasteiger partial charge in [0.25, 0.3) is 11.1 Å². The summed E-state index contributed by atoms with van der Waals surface area (Å²) in [5.41, 5.74) is 1.02. The minimum atomic E-state index is -0.437. The second-order valence-corrected chi connectivity index (χ2v) is 7.54. The van der Waals surface area contributed by atoms with Crippen molar-refractivity contribution in [3.05, 3.63) is 72.9 Å². The van der Waals surface area contributed by atoms with Crippen LogP contribution in [0.3, 0.4) is 0 Å². The van der Waals surface area contributed by atoms with Gasteiger partial charge in [0.2, 0.25) is 0 Å². The van der Waals surface area contributed by atoms with Crippen molar-refractivity contribution in [2.24, 2.45) is 0 Å². The molecule has 2 heterocycles. The molecule has 8 nitrogen and oxygen atoms in total. The molecule has 2 aromatic heterocycles. The summed E-state index contributed by atoms with van der Waals surface area (Å²) in [6, 6.07) is 5.19. The summed E-state index contributed by atoms with van der Waals surface area (Å²) >= 11 is 0. The van der Waals surface area contributed by atoms with Crippen molar-refractivity contribution in [2.75, 3.05) is 14.2 Å². The zero-order chi connectivity index (χ0) is 21.2. The Labute approximate surface area is 167 Å². The van der Waals surface area contributed by atoms with Gasteiger partial charge < -0.3 is 24.4 Å². The predicted octanol–water partition coefficient (Wildman–Crippen LogP) is 0.759. The predicted molar refractivity (Wildman–Crippen MR) is 111 cm³/mol. The summed E-state index contributed by atoms with van der Waals surface area (Å²) in [6.45, 7) is 6.10. The van der Waals surface area contributed by atoms with E-state index in [0.717, 1.165) is 5.69 Å². The van der Waals surface area contributed by atoms with E-state index in [0.29, 0.717) is 22.8 Å². The highest BCUT2D eigenvalue weighted by molar-refractivity contribution is 5.59. The molecule has 0 unspecified atom stereocenters. The fourth-order valence-electron chi connectivity index (χ4n) is 2.96. The van der Waals surface area contributed by atoms with E-state index in [1.54, 1.807) is 43.8 Å². The Bertz CT molecular complexity index is 1260. The summed E-state index contributed by atoms with van der Waals surface area (Å²) < 4.78 is 10.5. The van der Waals surface area contributed by atoms with Crippen molar-refractivity contribution < 1.29 is 9.47 Å². The molecule has 152 valence electrons. The third kappa shape index (κ3) is 4.31. The monoisotopic (exact) mass is 396 g/mol. The Morgan fingerprint density at radius 1 is 0.966 bits per heavy atom. The largest absolute Gasteiger partial charge is 0.497 e. The number of rotatable bonds is 4. The molecule has 29 heavy (non-hydrogen) atoms. The second-order valence-electron chi connectivity index (χ2n) is 7.54. The average Bonchev–Trinajstić information content (AvgIpc) is 3.14. The highest BCUT2D eigenvalue weighted by atomic mass is 16.5. The lowest BCUT2D eigenvalue weighted by Crippen LogP contribution is -2.46. The van der Waals surface area contributed by atoms with Gasteiger partial charge >= 0.3 is 0 Å². The lowest BCUT2D eigenvalue weighted by Gasteiger charge is -2.16. The lowest BCUT2D eigenvalue weighted by molar-refractivity contribution is 0.402. The Hall–Kier alpha value is -3.55. The zero-order valence-electron chi connectivity index (χ0n) is 17.0. The maximum Gasteiger partial charge on any atom is 0.272 e. The first-order chi connectivity index (χ1) is 13.7. The molecule has 3 rings (SSSR count). The molecule has 0 atom stereocenters. The van der Waals surface area contributed by atoms with Gasteiger partial charge in [-0.05, 0) is 30.4 Å². The topological polar surface area (TPSA) is 113 Å². The van der Waals surface area contributed by atoms with E-state index >= 15 is 0 Å². The molecule has 3 aromatic rings. The number of imidazole rings is 1. The van der Waals surface area contributed by atoms with E-state index in [2.05, 4.69) is 19.9 Å². The van der Waals surface area contributed by atoms with E-state index in [4.69, 9.17) is 9.47 Å². The van der Waals surface area contributed by atoms with Gasteiger partial charge in [-0.1, -0.05) is 20.8 Å². The second kappa shape index (κ2) is 7.83. The molecule has 1 aromatic carbocycles. The molecule has 0 spiro atoms. The first kappa shape index (κ1) is 20.2. The summed E-state index contributed by atoms with van der Waals surface area (Å²) in [7, 11) is 3.08. The number of nitrogens with zero attached hydrogens (tertiary/aromatic N) is 1. The molecule has 0 radical (unpaired) electrons. The van der Waals surface area contributed by atoms with Crippen LogP contribution in [0, 0.1) is 0 Å². The third-order valence-electron chi connectivity index (χ3n) is 4.42. The number of nitrogens with one attached hydrogen (secondary N) is 3. The quantitative estimate of drug-likeness (QED) is 0.603. The van der Waals surface area contributed by atoms with Gasteiger partial charge in [0, 0.05) is 16.7 Å². The number of ether oxygens (including phenoxy) is 2. The Balaban J connectivity index is 2.16. The third-order valence-corrected chi connectivity index (χ3v) is 4.42. The van der Waals surface area contributed by atoms with Crippen molar-refractivity contribution in [3.8, 4) is 11.5 Å². The molecule has 3 N–H and O–H groups in total. The van der Waals surface area contributed by atoms with Crippen LogP contribution in [-0.4, -0.2) is 34.2 Å². The normalized spacial score (nSPS) is 13.0. The number of aromatic amines is 3. The van der Waals surface area contributed by atoms with Gasteiger partial charge in [-0.25, -0.2) is 4.98 Å². The van der Waals surface area contributed by atoms with Crippen LogP contribution in [0.25, 0.3) is 12.2 Å². The average molecular weight is 396 g/mol. The van der Waals surface area contributed by atoms with Crippen LogP contribution in [0.15, 0.2) is 34.1 Å². The fourth-order valence-corrected chi connectivity index (χ4v) is 2.96. The molecule has 0 aliphatic carbocycles. The molecular weight excluding hydrogens is 372 g/mol. The first-order valence-corrected chi connectivity index (χ1v) is 9.05. The summed E-state index contributed by atoms with van der Waals surface area (Å²) in [5.74, 6) is 1.15. The molecule has 0 aliphatic rings. The van der Waals surface area contributed by atoms with Crippen molar-refractivity contribution in [1.29, 1.82) is 0 Å². The van der Waals surface area contributed by atoms with Crippen LogP contribution in [0.1, 0.15) is 37.7 Å². The maximum absolute atomic E-state index is 12.6. The number of benzene rings is 1. The van der Waals surface area contributed by atoms with Crippen LogP contribution >= 0.6 is 0 Å². The Morgan fingerprint density at radius 2 is 1.62 bits per heavy atom. The highest BCUT2D eigenvalue weighted by Gasteiger charge is 2.19. The standard InChI is InChI=1S/C21H24N4O4/c1-21(2,3)18-14(22-11-23-18)10-16-20(27)24-15(19(26)25-16)9-12-8-13(28-4)6-7-17(12)29-5/h6-11H,1-5H3,(H,22,23)(H,24,27)(H,25,26)/b15-9+,16-10+. The Kier molecular flexibility index (Phi) is 5.45. The minimum absolute atomic E-state index is 0.108. The summed E-state index contributed by atoms with van der Waals surface area (Å²) in [4.78, 5) is 37.8. The smallest absolute Gasteiger partial charge is 0.272 e. The van der Waals surface area contributed by atoms with Crippen LogP contribution in [0.5, 0.6) is 11.5 Å². The van der Waals surface area contributed by atoms with Gasteiger partial charge in [-0.3, -0.25) is 9.59 Å². The van der Waals surface area contributed by atoms with Crippen molar-refractivity contribution in [2.45, 2.75) is 26.2 Å². The van der Waals surface area contributed by atoms with Crippen molar-refractivity contribution in [3.63, 3.8) is 0 Å². The van der Waals surface area contributed by atoms with E-state index < -0.39 is 11.1 Å². The minimum Gasteiger partial charge on any atom is -0.497 e. The zero-order valence-corrected chi connectivity index (χ0v) is 17.0. The fraction of sp³-hybridized carbons (Fsp3) is 0.286. The molecule has 0 aliphatic heterocycles. The van der Waals surface area contributed by atoms with E-state index in [-0.39, 0.29) is 16.1 Å². The number of hydrogen-bond acceptors (Lipinski definition) is 5. The number of H-pyrrole nitrogens is 3. The maximum atomic E-state index is 12.6. The van der Waals surface area contributed by atoms with Gasteiger partial charge in [-0.2, -0.15) is 0 Å². The summed E-state index contributed by atoms with van der Waals surface area (Å²) in [6.07, 6.45) is 4.67.